The Kier molecular flexibility index (Phi) is 12.7. The number of benzene rings is 2. The van der Waals surface area contributed by atoms with Crippen LogP contribution in [-0.2, 0) is 24.3 Å². The van der Waals surface area contributed by atoms with Gasteiger partial charge in [0.1, 0.15) is 0 Å². The van der Waals surface area contributed by atoms with Crippen molar-refractivity contribution in [3.8, 4) is 22.3 Å². The summed E-state index contributed by atoms with van der Waals surface area (Å²) in [5.74, 6) is 0.330. The molecule has 2 aliphatic rings. The summed E-state index contributed by atoms with van der Waals surface area (Å²) in [6.07, 6.45) is 7.44. The summed E-state index contributed by atoms with van der Waals surface area (Å²) in [6, 6.07) is 18.8. The van der Waals surface area contributed by atoms with Gasteiger partial charge in [-0.15, -0.1) is 0 Å². The fourth-order valence-corrected chi connectivity index (χ4v) is 6.89. The van der Waals surface area contributed by atoms with Gasteiger partial charge in [0.25, 0.3) is 17.1 Å². The molecular formula is C47H54N10O6. The van der Waals surface area contributed by atoms with E-state index in [4.69, 9.17) is 20.6 Å². The summed E-state index contributed by atoms with van der Waals surface area (Å²) in [7, 11) is 3.54. The highest BCUT2D eigenvalue weighted by Crippen LogP contribution is 2.47. The van der Waals surface area contributed by atoms with E-state index in [1.165, 1.54) is 0 Å². The molecule has 2 fully saturated rings. The van der Waals surface area contributed by atoms with E-state index in [0.717, 1.165) is 86.8 Å². The number of aliphatic carboxylic acids is 1. The molecule has 0 radical (unpaired) electrons. The Bertz CT molecular complexity index is 3030. The maximum Gasteiger partial charge on any atom is 0.309 e. The number of guanidine groups is 1. The van der Waals surface area contributed by atoms with Gasteiger partial charge in [-0.25, -0.2) is 10.5 Å². The van der Waals surface area contributed by atoms with Crippen molar-refractivity contribution in [1.29, 1.82) is 0 Å². The molecule has 5 heterocycles. The van der Waals surface area contributed by atoms with E-state index in [9.17, 15) is 14.4 Å². The highest BCUT2D eigenvalue weighted by molar-refractivity contribution is 5.87. The highest BCUT2D eigenvalue weighted by atomic mass is 16.5. The molecule has 63 heavy (non-hydrogen) atoms. The molecule has 328 valence electrons. The predicted octanol–water partition coefficient (Wildman–Crippen LogP) is 8.04. The van der Waals surface area contributed by atoms with Crippen LogP contribution in [0.5, 0.6) is 0 Å². The van der Waals surface area contributed by atoms with Crippen LogP contribution in [0.15, 0.2) is 92.2 Å². The summed E-state index contributed by atoms with van der Waals surface area (Å²) in [5, 5.41) is 26.2. The van der Waals surface area contributed by atoms with E-state index in [0.29, 0.717) is 28.7 Å². The van der Waals surface area contributed by atoms with Crippen LogP contribution >= 0.6 is 0 Å². The lowest BCUT2D eigenvalue weighted by molar-refractivity contribution is -0.142. The first-order chi connectivity index (χ1) is 29.4. The summed E-state index contributed by atoms with van der Waals surface area (Å²) in [4.78, 5) is 53.3. The van der Waals surface area contributed by atoms with Gasteiger partial charge in [-0.1, -0.05) is 26.5 Å². The average Bonchev–Trinajstić information content (AvgIpc) is 4.14. The van der Waals surface area contributed by atoms with Gasteiger partial charge in [-0.3, -0.25) is 29.6 Å². The van der Waals surface area contributed by atoms with Gasteiger partial charge in [-0.2, -0.15) is 4.98 Å². The standard InChI is InChI=1S/C23H23N5O2.C18H19N5O2.C5H8O2.CH4/c1-13-5-6-16(25-22-26-21(30-27-22)23(3)7-8-23)11-17(13)18-10-15-12-24-14(2)9-19(15)28(4)20(18)29;1-10-4-5-13(21-18(19)22-25)8-14(10)15-7-12-9-20-11(2)6-16(12)23(3)17(15)24;1-5(2-3-5)4(6)7;/h5-6,9-12H,7-8H2,1-4H3,(H,25,27);4-9,25H,1-3H3,(H3,19,21,22);2-3H2,1H3,(H,6,7);1H4. The number of pyridine rings is 4. The normalized spacial score (nSPS) is 14.4. The van der Waals surface area contributed by atoms with Crippen LogP contribution in [0, 0.1) is 33.1 Å². The first kappa shape index (κ1) is 45.3. The minimum Gasteiger partial charge on any atom is -0.481 e. The number of nitrogens with two attached hydrogens (primary N) is 1. The number of carboxylic acid groups (broad SMARTS) is 1. The number of anilines is 2. The van der Waals surface area contributed by atoms with Gasteiger partial charge in [0.2, 0.25) is 11.9 Å². The number of hydroxylamine groups is 1. The van der Waals surface area contributed by atoms with Crippen LogP contribution in [-0.4, -0.2) is 51.5 Å². The molecule has 0 aliphatic heterocycles. The number of nitrogens with zero attached hydrogens (tertiary/aromatic N) is 7. The van der Waals surface area contributed by atoms with E-state index in [2.05, 4.69) is 37.3 Å². The SMILES string of the molecule is C.CC1(C(=O)O)CC1.Cc1cc2c(cn1)cc(-c1cc(N=C(N)NO)ccc1C)c(=O)n2C.Cc1cc2c(cn1)cc(-c1cc(Nc3noc(C4(C)CC4)n3)ccc1C)c(=O)n2C. The number of aliphatic imine (C=N–C) groups is 1. The highest BCUT2D eigenvalue weighted by Gasteiger charge is 2.45. The first-order valence-electron chi connectivity index (χ1n) is 20.1. The van der Waals surface area contributed by atoms with Crippen molar-refractivity contribution in [2.75, 3.05) is 5.32 Å². The predicted molar refractivity (Wildman–Crippen MR) is 246 cm³/mol. The molecule has 0 unspecified atom stereocenters. The molecule has 16 heteroatoms. The van der Waals surface area contributed by atoms with E-state index in [-0.39, 0.29) is 35.3 Å². The number of nitrogens with one attached hydrogen (secondary N) is 2. The number of hydrogen-bond acceptors (Lipinski definition) is 11. The molecule has 2 aromatic carbocycles. The molecule has 9 rings (SSSR count). The molecule has 16 nitrogen and oxygen atoms in total. The van der Waals surface area contributed by atoms with Gasteiger partial charge in [0.15, 0.2) is 0 Å². The lowest BCUT2D eigenvalue weighted by atomic mass is 9.99. The molecule has 5 aromatic heterocycles. The first-order valence-corrected chi connectivity index (χ1v) is 20.1. The summed E-state index contributed by atoms with van der Waals surface area (Å²) < 4.78 is 8.72. The molecule has 0 atom stereocenters. The number of hydrogen-bond donors (Lipinski definition) is 5. The van der Waals surface area contributed by atoms with Crippen molar-refractivity contribution in [3.63, 3.8) is 0 Å². The van der Waals surface area contributed by atoms with Crippen LogP contribution in [0.1, 0.15) is 75.4 Å². The average molecular weight is 855 g/mol. The van der Waals surface area contributed by atoms with E-state index in [1.807, 2.05) is 82.4 Å². The third-order valence-electron chi connectivity index (χ3n) is 11.6. The van der Waals surface area contributed by atoms with Crippen LogP contribution in [0.4, 0.5) is 17.3 Å². The quantitative estimate of drug-likeness (QED) is 0.0582. The number of aromatic nitrogens is 6. The van der Waals surface area contributed by atoms with Crippen LogP contribution in [0.25, 0.3) is 44.1 Å². The molecule has 6 N–H and O–H groups in total. The molecule has 2 aliphatic carbocycles. The van der Waals surface area contributed by atoms with Gasteiger partial charge < -0.3 is 29.8 Å². The third kappa shape index (κ3) is 9.65. The Morgan fingerprint density at radius 3 is 1.78 bits per heavy atom. The topological polar surface area (TPSA) is 229 Å². The molecule has 0 spiro atoms. The molecular weight excluding hydrogens is 801 g/mol. The van der Waals surface area contributed by atoms with Gasteiger partial charge in [-0.05, 0) is 136 Å². The Morgan fingerprint density at radius 1 is 0.778 bits per heavy atom. The Morgan fingerprint density at radius 2 is 1.30 bits per heavy atom. The summed E-state index contributed by atoms with van der Waals surface area (Å²) in [5.41, 5.74) is 16.4. The molecule has 2 saturated carbocycles. The molecule has 7 aromatic rings. The minimum absolute atomic E-state index is 0. The van der Waals surface area contributed by atoms with Crippen molar-refractivity contribution >= 4 is 51.1 Å². The van der Waals surface area contributed by atoms with E-state index < -0.39 is 5.97 Å². The summed E-state index contributed by atoms with van der Waals surface area (Å²) in [6.45, 7) is 11.6. The van der Waals surface area contributed by atoms with E-state index >= 15 is 0 Å². The Balaban J connectivity index is 0.000000181. The number of carbonyl (C=O) groups is 1. The minimum atomic E-state index is -0.646. The van der Waals surface area contributed by atoms with Crippen LogP contribution < -0.4 is 27.6 Å². The lowest BCUT2D eigenvalue weighted by Gasteiger charge is -2.12. The number of fused-ring (bicyclic) bond motifs is 2. The second-order valence-electron chi connectivity index (χ2n) is 16.7. The second kappa shape index (κ2) is 17.6. The molecule has 0 saturated heterocycles. The Hall–Kier alpha value is -7.20. The maximum atomic E-state index is 13.1. The van der Waals surface area contributed by atoms with Gasteiger partial charge >= 0.3 is 5.97 Å². The van der Waals surface area contributed by atoms with Crippen molar-refractivity contribution < 1.29 is 19.6 Å². The lowest BCUT2D eigenvalue weighted by Crippen LogP contribution is -2.27. The van der Waals surface area contributed by atoms with Crippen molar-refractivity contribution in [1.82, 2.24) is 34.7 Å². The monoisotopic (exact) mass is 854 g/mol. The van der Waals surface area contributed by atoms with Gasteiger partial charge in [0.05, 0.1) is 22.1 Å². The maximum absolute atomic E-state index is 13.1. The zero-order chi connectivity index (χ0) is 44.7. The Labute approximate surface area is 364 Å². The van der Waals surface area contributed by atoms with E-state index in [1.54, 1.807) is 54.0 Å². The van der Waals surface area contributed by atoms with Gasteiger partial charge in [0, 0.05) is 70.9 Å². The zero-order valence-corrected chi connectivity index (χ0v) is 36.0. The fraction of sp³-hybridized carbons (Fsp3) is 0.319. The summed E-state index contributed by atoms with van der Waals surface area (Å²) >= 11 is 0. The van der Waals surface area contributed by atoms with Crippen molar-refractivity contribution in [3.05, 3.63) is 122 Å². The molecule has 0 amide bonds. The van der Waals surface area contributed by atoms with Crippen molar-refractivity contribution in [2.24, 2.45) is 30.2 Å². The smallest absolute Gasteiger partial charge is 0.309 e. The largest absolute Gasteiger partial charge is 0.481 e. The zero-order valence-electron chi connectivity index (χ0n) is 36.0. The third-order valence-corrected chi connectivity index (χ3v) is 11.6. The number of rotatable bonds is 7. The van der Waals surface area contributed by atoms with Crippen LogP contribution in [0.2, 0.25) is 0 Å². The number of carboxylic acids is 1. The number of aryl methyl sites for hydroxylation is 6. The fourth-order valence-electron chi connectivity index (χ4n) is 6.89. The second-order valence-corrected chi connectivity index (χ2v) is 16.7. The van der Waals surface area contributed by atoms with Crippen LogP contribution in [0.3, 0.4) is 0 Å². The van der Waals surface area contributed by atoms with Crippen molar-refractivity contribution in [2.45, 2.75) is 80.1 Å². The molecule has 0 bridgehead atoms.